The number of carbonyl (C=O) groups excluding carboxylic acids is 1. The first-order chi connectivity index (χ1) is 10.3. The Kier molecular flexibility index (Phi) is 4.56. The van der Waals surface area contributed by atoms with Crippen molar-refractivity contribution in [1.29, 1.82) is 0 Å². The van der Waals surface area contributed by atoms with E-state index in [0.717, 1.165) is 17.5 Å². The first-order valence-electron chi connectivity index (χ1n) is 7.99. The maximum Gasteiger partial charge on any atom is 0.237 e. The van der Waals surface area contributed by atoms with Crippen LogP contribution in [-0.4, -0.2) is 23.1 Å². The Labute approximate surface area is 125 Å². The van der Waals surface area contributed by atoms with E-state index in [9.17, 15) is 9.90 Å². The SMILES string of the molecule is O=C(NCc1ccccc1CO)[C@@H]1C[C@H]2CCCC[C@H]2N1. The van der Waals surface area contributed by atoms with Crippen LogP contribution in [0.2, 0.25) is 0 Å². The minimum Gasteiger partial charge on any atom is -0.392 e. The molecule has 1 amide bonds. The van der Waals surface area contributed by atoms with E-state index in [1.54, 1.807) is 0 Å². The zero-order valence-electron chi connectivity index (χ0n) is 12.3. The lowest BCUT2D eigenvalue weighted by Gasteiger charge is -2.24. The quantitative estimate of drug-likeness (QED) is 0.790. The average Bonchev–Trinajstić information content (AvgIpc) is 2.97. The van der Waals surface area contributed by atoms with Crippen molar-refractivity contribution in [2.24, 2.45) is 5.92 Å². The van der Waals surface area contributed by atoms with Crippen LogP contribution in [0.25, 0.3) is 0 Å². The zero-order chi connectivity index (χ0) is 14.7. The van der Waals surface area contributed by atoms with Gasteiger partial charge in [-0.05, 0) is 36.3 Å². The Morgan fingerprint density at radius 1 is 1.24 bits per heavy atom. The molecular weight excluding hydrogens is 264 g/mol. The normalized spacial score (nSPS) is 28.1. The summed E-state index contributed by atoms with van der Waals surface area (Å²) in [5.41, 5.74) is 1.87. The van der Waals surface area contributed by atoms with Gasteiger partial charge in [0.1, 0.15) is 0 Å². The Balaban J connectivity index is 1.55. The molecule has 3 N–H and O–H groups in total. The first kappa shape index (κ1) is 14.5. The summed E-state index contributed by atoms with van der Waals surface area (Å²) in [6.45, 7) is 0.501. The molecule has 4 nitrogen and oxygen atoms in total. The zero-order valence-corrected chi connectivity index (χ0v) is 12.3. The first-order valence-corrected chi connectivity index (χ1v) is 7.99. The molecular formula is C17H24N2O2. The molecule has 1 aromatic rings. The van der Waals surface area contributed by atoms with Crippen LogP contribution < -0.4 is 10.6 Å². The summed E-state index contributed by atoms with van der Waals surface area (Å²) in [6, 6.07) is 8.18. The highest BCUT2D eigenvalue weighted by molar-refractivity contribution is 5.82. The molecule has 1 saturated heterocycles. The Hall–Kier alpha value is -1.39. The van der Waals surface area contributed by atoms with Gasteiger partial charge in [0.25, 0.3) is 0 Å². The van der Waals surface area contributed by atoms with Gasteiger partial charge in [0, 0.05) is 12.6 Å². The molecule has 0 aromatic heterocycles. The number of nitrogens with one attached hydrogen (secondary N) is 2. The largest absolute Gasteiger partial charge is 0.392 e. The third kappa shape index (κ3) is 3.27. The highest BCUT2D eigenvalue weighted by Crippen LogP contribution is 2.33. The molecule has 1 saturated carbocycles. The molecule has 1 aliphatic carbocycles. The number of benzene rings is 1. The van der Waals surface area contributed by atoms with Gasteiger partial charge in [0.05, 0.1) is 12.6 Å². The van der Waals surface area contributed by atoms with Crippen molar-refractivity contribution < 1.29 is 9.90 Å². The topological polar surface area (TPSA) is 61.4 Å². The summed E-state index contributed by atoms with van der Waals surface area (Å²) in [4.78, 5) is 12.3. The fraction of sp³-hybridized carbons (Fsp3) is 0.588. The van der Waals surface area contributed by atoms with E-state index in [1.165, 1.54) is 25.7 Å². The van der Waals surface area contributed by atoms with Crippen molar-refractivity contribution in [1.82, 2.24) is 10.6 Å². The Morgan fingerprint density at radius 3 is 2.76 bits per heavy atom. The van der Waals surface area contributed by atoms with Crippen LogP contribution in [0.3, 0.4) is 0 Å². The molecule has 2 aliphatic rings. The van der Waals surface area contributed by atoms with Crippen molar-refractivity contribution in [3.05, 3.63) is 35.4 Å². The van der Waals surface area contributed by atoms with Gasteiger partial charge in [-0.1, -0.05) is 37.1 Å². The molecule has 2 fully saturated rings. The minimum atomic E-state index is -0.0422. The van der Waals surface area contributed by atoms with Gasteiger partial charge in [-0.3, -0.25) is 4.79 Å². The monoisotopic (exact) mass is 288 g/mol. The molecule has 1 aliphatic heterocycles. The van der Waals surface area contributed by atoms with E-state index in [2.05, 4.69) is 10.6 Å². The van der Waals surface area contributed by atoms with Gasteiger partial charge in [-0.2, -0.15) is 0 Å². The van der Waals surface area contributed by atoms with Crippen LogP contribution in [0.1, 0.15) is 43.2 Å². The molecule has 4 heteroatoms. The smallest absolute Gasteiger partial charge is 0.237 e. The molecule has 0 radical (unpaired) electrons. The van der Waals surface area contributed by atoms with Gasteiger partial charge in [-0.25, -0.2) is 0 Å². The van der Waals surface area contributed by atoms with Crippen molar-refractivity contribution >= 4 is 5.91 Å². The summed E-state index contributed by atoms with van der Waals surface area (Å²) in [5.74, 6) is 0.774. The molecule has 0 bridgehead atoms. The highest BCUT2D eigenvalue weighted by atomic mass is 16.3. The van der Waals surface area contributed by atoms with E-state index in [0.29, 0.717) is 18.5 Å². The van der Waals surface area contributed by atoms with Crippen molar-refractivity contribution in [2.45, 2.75) is 57.3 Å². The van der Waals surface area contributed by atoms with E-state index < -0.39 is 0 Å². The highest BCUT2D eigenvalue weighted by Gasteiger charge is 2.37. The van der Waals surface area contributed by atoms with E-state index in [-0.39, 0.29) is 18.6 Å². The molecule has 1 aromatic carbocycles. The number of hydrogen-bond donors (Lipinski definition) is 3. The number of amides is 1. The van der Waals surface area contributed by atoms with Crippen LogP contribution in [0, 0.1) is 5.92 Å². The summed E-state index contributed by atoms with van der Waals surface area (Å²) < 4.78 is 0. The number of aliphatic hydroxyl groups is 1. The van der Waals surface area contributed by atoms with E-state index in [4.69, 9.17) is 0 Å². The van der Waals surface area contributed by atoms with Gasteiger partial charge < -0.3 is 15.7 Å². The van der Waals surface area contributed by atoms with Crippen molar-refractivity contribution in [3.8, 4) is 0 Å². The second kappa shape index (κ2) is 6.58. The van der Waals surface area contributed by atoms with Crippen LogP contribution in [-0.2, 0) is 17.9 Å². The third-order valence-corrected chi connectivity index (χ3v) is 4.92. The van der Waals surface area contributed by atoms with Crippen molar-refractivity contribution in [3.63, 3.8) is 0 Å². The second-order valence-corrected chi connectivity index (χ2v) is 6.25. The molecule has 3 rings (SSSR count). The summed E-state index contributed by atoms with van der Waals surface area (Å²) in [7, 11) is 0. The van der Waals surface area contributed by atoms with Crippen LogP contribution >= 0.6 is 0 Å². The predicted molar refractivity (Wildman–Crippen MR) is 81.5 cm³/mol. The third-order valence-electron chi connectivity index (χ3n) is 4.92. The summed E-state index contributed by atoms with van der Waals surface area (Å²) in [6.07, 6.45) is 6.03. The number of fused-ring (bicyclic) bond motifs is 1. The van der Waals surface area contributed by atoms with Crippen LogP contribution in [0.4, 0.5) is 0 Å². The lowest BCUT2D eigenvalue weighted by atomic mass is 9.85. The number of hydrogen-bond acceptors (Lipinski definition) is 3. The predicted octanol–water partition coefficient (Wildman–Crippen LogP) is 1.72. The van der Waals surface area contributed by atoms with Gasteiger partial charge in [-0.15, -0.1) is 0 Å². The fourth-order valence-electron chi connectivity index (χ4n) is 3.71. The maximum absolute atomic E-state index is 12.3. The van der Waals surface area contributed by atoms with Gasteiger partial charge >= 0.3 is 0 Å². The summed E-state index contributed by atoms with van der Waals surface area (Å²) in [5, 5.41) is 15.8. The molecule has 114 valence electrons. The number of aliphatic hydroxyl groups excluding tert-OH is 1. The molecule has 0 spiro atoms. The van der Waals surface area contributed by atoms with Gasteiger partial charge in [0.15, 0.2) is 0 Å². The van der Waals surface area contributed by atoms with Crippen molar-refractivity contribution in [2.75, 3.05) is 0 Å². The van der Waals surface area contributed by atoms with Crippen LogP contribution in [0.5, 0.6) is 0 Å². The molecule has 21 heavy (non-hydrogen) atoms. The lowest BCUT2D eigenvalue weighted by Crippen LogP contribution is -2.43. The van der Waals surface area contributed by atoms with E-state index >= 15 is 0 Å². The average molecular weight is 288 g/mol. The Morgan fingerprint density at radius 2 is 2.00 bits per heavy atom. The fourth-order valence-corrected chi connectivity index (χ4v) is 3.71. The maximum atomic E-state index is 12.3. The summed E-state index contributed by atoms with van der Waals surface area (Å²) >= 11 is 0. The Bertz CT molecular complexity index is 489. The second-order valence-electron chi connectivity index (χ2n) is 6.25. The van der Waals surface area contributed by atoms with Gasteiger partial charge in [0.2, 0.25) is 5.91 Å². The standard InChI is InChI=1S/C17H24N2O2/c20-11-14-7-2-1-6-13(14)10-18-17(21)16-9-12-5-3-4-8-15(12)19-16/h1-2,6-7,12,15-16,19-20H,3-5,8-11H2,(H,18,21)/t12-,15-,16+/m1/s1. The van der Waals surface area contributed by atoms with Crippen LogP contribution in [0.15, 0.2) is 24.3 Å². The molecule has 0 unspecified atom stereocenters. The molecule has 3 atom stereocenters. The minimum absolute atomic E-state index is 0.0118. The lowest BCUT2D eigenvalue weighted by molar-refractivity contribution is -0.123. The number of carbonyl (C=O) groups is 1. The number of rotatable bonds is 4. The molecule has 1 heterocycles. The van der Waals surface area contributed by atoms with E-state index in [1.807, 2.05) is 24.3 Å².